The molecule has 2 aromatic carbocycles. The number of hydrogen-bond acceptors (Lipinski definition) is 3. The molecule has 0 bridgehead atoms. The van der Waals surface area contributed by atoms with Gasteiger partial charge in [-0.05, 0) is 38.8 Å². The molecule has 2 heterocycles. The Kier molecular flexibility index (Phi) is 3.20. The van der Waals surface area contributed by atoms with Crippen LogP contribution in [0.1, 0.15) is 0 Å². The molecule has 4 rings (SSSR count). The zero-order chi connectivity index (χ0) is 14.9. The average molecular weight is 351 g/mol. The third kappa shape index (κ3) is 2.19. The molecule has 0 saturated carbocycles. The van der Waals surface area contributed by atoms with Gasteiger partial charge in [-0.25, -0.2) is 4.98 Å². The molecule has 0 saturated heterocycles. The number of pyridine rings is 1. The summed E-state index contributed by atoms with van der Waals surface area (Å²) in [5, 5.41) is 9.64. The SMILES string of the molecule is Brc1cccnc1-c1n[nH]c(-c2cccc3ccccc23)n1. The van der Waals surface area contributed by atoms with Crippen LogP contribution in [-0.2, 0) is 0 Å². The summed E-state index contributed by atoms with van der Waals surface area (Å²) in [6.07, 6.45) is 1.73. The minimum Gasteiger partial charge on any atom is -0.259 e. The van der Waals surface area contributed by atoms with E-state index in [0.29, 0.717) is 5.82 Å². The first-order chi connectivity index (χ1) is 10.8. The van der Waals surface area contributed by atoms with Crippen LogP contribution in [0.5, 0.6) is 0 Å². The summed E-state index contributed by atoms with van der Waals surface area (Å²) in [7, 11) is 0. The van der Waals surface area contributed by atoms with E-state index < -0.39 is 0 Å². The molecule has 0 aliphatic heterocycles. The number of nitrogens with zero attached hydrogens (tertiary/aromatic N) is 3. The first-order valence-corrected chi connectivity index (χ1v) is 7.63. The Labute approximate surface area is 135 Å². The molecule has 1 N–H and O–H groups in total. The van der Waals surface area contributed by atoms with Crippen LogP contribution in [0.4, 0.5) is 0 Å². The van der Waals surface area contributed by atoms with Gasteiger partial charge in [0.05, 0.1) is 0 Å². The molecule has 0 unspecified atom stereocenters. The van der Waals surface area contributed by atoms with Crippen molar-refractivity contribution in [2.24, 2.45) is 0 Å². The zero-order valence-corrected chi connectivity index (χ0v) is 13.1. The maximum atomic E-state index is 4.60. The van der Waals surface area contributed by atoms with E-state index in [-0.39, 0.29) is 0 Å². The van der Waals surface area contributed by atoms with E-state index in [1.165, 1.54) is 5.39 Å². The van der Waals surface area contributed by atoms with Crippen LogP contribution in [0.15, 0.2) is 65.3 Å². The maximum Gasteiger partial charge on any atom is 0.201 e. The Morgan fingerprint density at radius 2 is 1.77 bits per heavy atom. The molecule has 2 aromatic heterocycles. The minimum atomic E-state index is 0.579. The number of halogens is 1. The molecule has 0 radical (unpaired) electrons. The van der Waals surface area contributed by atoms with Gasteiger partial charge in [-0.3, -0.25) is 10.1 Å². The number of benzene rings is 2. The molecule has 5 heteroatoms. The fraction of sp³-hybridized carbons (Fsp3) is 0. The van der Waals surface area contributed by atoms with Crippen molar-refractivity contribution in [3.8, 4) is 22.9 Å². The summed E-state index contributed by atoms with van der Waals surface area (Å²) >= 11 is 3.48. The smallest absolute Gasteiger partial charge is 0.201 e. The molecular weight excluding hydrogens is 340 g/mol. The van der Waals surface area contributed by atoms with Crippen molar-refractivity contribution in [1.82, 2.24) is 20.2 Å². The molecule has 106 valence electrons. The number of aromatic nitrogens is 4. The number of hydrogen-bond donors (Lipinski definition) is 1. The number of aromatic amines is 1. The Balaban J connectivity index is 1.86. The Morgan fingerprint density at radius 3 is 2.68 bits per heavy atom. The van der Waals surface area contributed by atoms with Crippen molar-refractivity contribution in [3.05, 3.63) is 65.3 Å². The number of H-pyrrole nitrogens is 1. The van der Waals surface area contributed by atoms with Crippen LogP contribution in [0.25, 0.3) is 33.7 Å². The molecule has 0 aliphatic carbocycles. The van der Waals surface area contributed by atoms with Gasteiger partial charge in [0.2, 0.25) is 5.82 Å². The van der Waals surface area contributed by atoms with E-state index >= 15 is 0 Å². The highest BCUT2D eigenvalue weighted by molar-refractivity contribution is 9.10. The van der Waals surface area contributed by atoms with Crippen molar-refractivity contribution in [2.45, 2.75) is 0 Å². The summed E-state index contributed by atoms with van der Waals surface area (Å²) in [6, 6.07) is 18.2. The largest absolute Gasteiger partial charge is 0.259 e. The number of nitrogens with one attached hydrogen (secondary N) is 1. The van der Waals surface area contributed by atoms with E-state index in [1.807, 2.05) is 36.4 Å². The second kappa shape index (κ2) is 5.35. The summed E-state index contributed by atoms with van der Waals surface area (Å²) in [5.41, 5.74) is 1.76. The van der Waals surface area contributed by atoms with Gasteiger partial charge in [-0.1, -0.05) is 42.5 Å². The first-order valence-electron chi connectivity index (χ1n) is 6.84. The van der Waals surface area contributed by atoms with Gasteiger partial charge >= 0.3 is 0 Å². The summed E-state index contributed by atoms with van der Waals surface area (Å²) < 4.78 is 0.874. The van der Waals surface area contributed by atoms with Crippen molar-refractivity contribution in [1.29, 1.82) is 0 Å². The molecule has 0 fully saturated rings. The quantitative estimate of drug-likeness (QED) is 0.581. The molecule has 0 amide bonds. The normalized spacial score (nSPS) is 11.0. The van der Waals surface area contributed by atoms with Gasteiger partial charge in [0, 0.05) is 16.2 Å². The number of rotatable bonds is 2. The predicted molar refractivity (Wildman–Crippen MR) is 90.3 cm³/mol. The lowest BCUT2D eigenvalue weighted by molar-refractivity contribution is 1.09. The zero-order valence-electron chi connectivity index (χ0n) is 11.5. The monoisotopic (exact) mass is 350 g/mol. The van der Waals surface area contributed by atoms with Crippen molar-refractivity contribution >= 4 is 26.7 Å². The Hall–Kier alpha value is -2.53. The van der Waals surface area contributed by atoms with Crippen molar-refractivity contribution in [3.63, 3.8) is 0 Å². The average Bonchev–Trinajstić information content (AvgIpc) is 3.04. The highest BCUT2D eigenvalue weighted by Gasteiger charge is 2.13. The predicted octanol–water partition coefficient (Wildman–Crippen LogP) is 4.45. The molecule has 0 atom stereocenters. The fourth-order valence-electron chi connectivity index (χ4n) is 2.47. The molecule has 0 spiro atoms. The minimum absolute atomic E-state index is 0.579. The van der Waals surface area contributed by atoms with Crippen molar-refractivity contribution in [2.75, 3.05) is 0 Å². The highest BCUT2D eigenvalue weighted by Crippen LogP contribution is 2.28. The van der Waals surface area contributed by atoms with Crippen LogP contribution in [0, 0.1) is 0 Å². The van der Waals surface area contributed by atoms with Crippen LogP contribution >= 0.6 is 15.9 Å². The topological polar surface area (TPSA) is 54.5 Å². The van der Waals surface area contributed by atoms with Gasteiger partial charge in [0.1, 0.15) is 5.69 Å². The van der Waals surface area contributed by atoms with Gasteiger partial charge < -0.3 is 0 Å². The molecule has 0 aliphatic rings. The lowest BCUT2D eigenvalue weighted by Crippen LogP contribution is -1.87. The van der Waals surface area contributed by atoms with Gasteiger partial charge in [-0.2, -0.15) is 5.10 Å². The second-order valence-corrected chi connectivity index (χ2v) is 5.72. The molecule has 4 aromatic rings. The van der Waals surface area contributed by atoms with E-state index in [1.54, 1.807) is 6.20 Å². The van der Waals surface area contributed by atoms with E-state index in [4.69, 9.17) is 0 Å². The van der Waals surface area contributed by atoms with Crippen LogP contribution in [0.3, 0.4) is 0 Å². The standard InChI is InChI=1S/C17H11BrN4/c18-14-9-4-10-19-15(14)17-20-16(21-22-17)13-8-3-6-11-5-1-2-7-12(11)13/h1-10H,(H,20,21,22). The lowest BCUT2D eigenvalue weighted by Gasteiger charge is -2.02. The lowest BCUT2D eigenvalue weighted by atomic mass is 10.0. The van der Waals surface area contributed by atoms with Gasteiger partial charge in [0.15, 0.2) is 5.82 Å². The Morgan fingerprint density at radius 1 is 0.909 bits per heavy atom. The van der Waals surface area contributed by atoms with Crippen LogP contribution < -0.4 is 0 Å². The summed E-state index contributed by atoms with van der Waals surface area (Å²) in [4.78, 5) is 8.93. The van der Waals surface area contributed by atoms with E-state index in [0.717, 1.165) is 26.9 Å². The molecule has 4 nitrogen and oxygen atoms in total. The van der Waals surface area contributed by atoms with E-state index in [9.17, 15) is 0 Å². The summed E-state index contributed by atoms with van der Waals surface area (Å²) in [6.45, 7) is 0. The fourth-order valence-corrected chi connectivity index (χ4v) is 2.90. The third-order valence-electron chi connectivity index (χ3n) is 3.50. The van der Waals surface area contributed by atoms with Crippen molar-refractivity contribution < 1.29 is 0 Å². The second-order valence-electron chi connectivity index (χ2n) is 4.87. The Bertz CT molecular complexity index is 956. The van der Waals surface area contributed by atoms with Crippen LogP contribution in [-0.4, -0.2) is 20.2 Å². The highest BCUT2D eigenvalue weighted by atomic mass is 79.9. The first kappa shape index (κ1) is 13.2. The molecular formula is C17H11BrN4. The molecule has 22 heavy (non-hydrogen) atoms. The van der Waals surface area contributed by atoms with Gasteiger partial charge in [-0.15, -0.1) is 0 Å². The van der Waals surface area contributed by atoms with Crippen LogP contribution in [0.2, 0.25) is 0 Å². The third-order valence-corrected chi connectivity index (χ3v) is 4.14. The summed E-state index contributed by atoms with van der Waals surface area (Å²) in [5.74, 6) is 1.32. The van der Waals surface area contributed by atoms with Gasteiger partial charge in [0.25, 0.3) is 0 Å². The number of fused-ring (bicyclic) bond motifs is 1. The van der Waals surface area contributed by atoms with E-state index in [2.05, 4.69) is 54.3 Å². The maximum absolute atomic E-state index is 4.60.